The lowest BCUT2D eigenvalue weighted by Gasteiger charge is -2.15. The van der Waals surface area contributed by atoms with Crippen LogP contribution in [-0.4, -0.2) is 19.1 Å². The monoisotopic (exact) mass is 487 g/mol. The number of rotatable bonds is 10. The Morgan fingerprint density at radius 1 is 1.12 bits per heavy atom. The highest BCUT2D eigenvalue weighted by molar-refractivity contribution is 6.36. The fourth-order valence-electron chi connectivity index (χ4n) is 3.94. The molecule has 0 spiro atoms. The lowest BCUT2D eigenvalue weighted by atomic mass is 9.96. The lowest BCUT2D eigenvalue weighted by Crippen LogP contribution is -2.22. The Hall–Kier alpha value is -2.43. The van der Waals surface area contributed by atoms with E-state index in [-0.39, 0.29) is 5.91 Å². The van der Waals surface area contributed by atoms with E-state index in [0.29, 0.717) is 23.2 Å². The number of amides is 1. The molecular formula is C27H31Cl2NO3. The van der Waals surface area contributed by atoms with Crippen LogP contribution in [0.1, 0.15) is 57.6 Å². The van der Waals surface area contributed by atoms with Gasteiger partial charge in [-0.15, -0.1) is 0 Å². The third-order valence-corrected chi connectivity index (χ3v) is 6.20. The van der Waals surface area contributed by atoms with Crippen molar-refractivity contribution in [1.82, 2.24) is 5.32 Å². The first-order valence-corrected chi connectivity index (χ1v) is 12.2. The van der Waals surface area contributed by atoms with Crippen molar-refractivity contribution < 1.29 is 13.9 Å². The average molecular weight is 488 g/mol. The van der Waals surface area contributed by atoms with Crippen molar-refractivity contribution in [1.29, 1.82) is 0 Å². The Morgan fingerprint density at radius 3 is 2.61 bits per heavy atom. The number of halogens is 2. The van der Waals surface area contributed by atoms with Crippen LogP contribution in [0.5, 0.6) is 5.75 Å². The summed E-state index contributed by atoms with van der Waals surface area (Å²) in [5, 5.41) is 5.02. The van der Waals surface area contributed by atoms with Gasteiger partial charge in [-0.3, -0.25) is 4.79 Å². The van der Waals surface area contributed by atoms with E-state index < -0.39 is 0 Å². The highest BCUT2D eigenvalue weighted by Crippen LogP contribution is 2.42. The van der Waals surface area contributed by atoms with Gasteiger partial charge in [-0.2, -0.15) is 0 Å². The molecule has 6 heteroatoms. The maximum atomic E-state index is 12.5. The minimum Gasteiger partial charge on any atom is -0.493 e. The van der Waals surface area contributed by atoms with Crippen molar-refractivity contribution >= 4 is 45.7 Å². The van der Waals surface area contributed by atoms with Gasteiger partial charge in [0.15, 0.2) is 0 Å². The van der Waals surface area contributed by atoms with Gasteiger partial charge in [0.25, 0.3) is 0 Å². The van der Waals surface area contributed by atoms with Crippen molar-refractivity contribution in [3.8, 4) is 16.9 Å². The largest absolute Gasteiger partial charge is 0.493 e. The Labute approximate surface area is 205 Å². The number of furan rings is 1. The van der Waals surface area contributed by atoms with Crippen LogP contribution in [0, 0.1) is 6.92 Å². The third-order valence-electron chi connectivity index (χ3n) is 5.66. The Balaban J connectivity index is 2.00. The summed E-state index contributed by atoms with van der Waals surface area (Å²) in [6.07, 6.45) is 7.81. The molecule has 1 amide bonds. The Kier molecular flexibility index (Phi) is 8.87. The van der Waals surface area contributed by atoms with E-state index in [4.69, 9.17) is 32.4 Å². The third kappa shape index (κ3) is 5.93. The standard InChI is InChI=1S/C27H31Cl2NO3/c1-5-7-8-9-12-30-25(31)13-17(3)21-15-22-23(20-11-10-19(28)14-24(20)29)16-33-27(22)18(4)26(21)32-6-2/h10-11,13-16H,5-9,12H2,1-4H3,(H,30,31)/b17-13+. The molecule has 3 aromatic rings. The summed E-state index contributed by atoms with van der Waals surface area (Å²) in [7, 11) is 0. The molecule has 176 valence electrons. The van der Waals surface area contributed by atoms with Crippen LogP contribution in [0.3, 0.4) is 0 Å². The van der Waals surface area contributed by atoms with Gasteiger partial charge in [-0.1, -0.05) is 55.5 Å². The normalized spacial score (nSPS) is 11.8. The van der Waals surface area contributed by atoms with Crippen molar-refractivity contribution in [2.45, 2.75) is 53.4 Å². The zero-order valence-corrected chi connectivity index (χ0v) is 21.2. The lowest BCUT2D eigenvalue weighted by molar-refractivity contribution is -0.116. The molecule has 0 unspecified atom stereocenters. The van der Waals surface area contributed by atoms with Crippen molar-refractivity contribution in [2.24, 2.45) is 0 Å². The summed E-state index contributed by atoms with van der Waals surface area (Å²) < 4.78 is 11.9. The number of carbonyl (C=O) groups is 1. The van der Waals surface area contributed by atoms with E-state index in [1.165, 1.54) is 12.8 Å². The number of benzene rings is 2. The van der Waals surface area contributed by atoms with E-state index in [9.17, 15) is 4.79 Å². The molecule has 1 aromatic heterocycles. The number of hydrogen-bond acceptors (Lipinski definition) is 3. The SMILES string of the molecule is CCCCCCNC(=O)/C=C(\C)c1cc2c(-c3ccc(Cl)cc3Cl)coc2c(C)c1OCC. The number of nitrogens with one attached hydrogen (secondary N) is 1. The summed E-state index contributed by atoms with van der Waals surface area (Å²) >= 11 is 12.6. The molecule has 0 saturated heterocycles. The van der Waals surface area contributed by atoms with E-state index in [1.807, 2.05) is 32.9 Å². The van der Waals surface area contributed by atoms with Gasteiger partial charge in [0.1, 0.15) is 11.3 Å². The van der Waals surface area contributed by atoms with Crippen molar-refractivity contribution in [3.05, 3.63) is 57.8 Å². The molecular weight excluding hydrogens is 457 g/mol. The van der Waals surface area contributed by atoms with E-state index in [1.54, 1.807) is 24.5 Å². The maximum Gasteiger partial charge on any atom is 0.244 e. The predicted molar refractivity (Wildman–Crippen MR) is 138 cm³/mol. The van der Waals surface area contributed by atoms with Gasteiger partial charge in [0, 0.05) is 45.3 Å². The summed E-state index contributed by atoms with van der Waals surface area (Å²) in [6.45, 7) is 9.19. The molecule has 2 aromatic carbocycles. The highest BCUT2D eigenvalue weighted by Gasteiger charge is 2.20. The summed E-state index contributed by atoms with van der Waals surface area (Å²) in [4.78, 5) is 12.5. The second-order valence-corrected chi connectivity index (χ2v) is 8.98. The molecule has 4 nitrogen and oxygen atoms in total. The number of aryl methyl sites for hydroxylation is 1. The second kappa shape index (κ2) is 11.6. The number of unbranched alkanes of at least 4 members (excludes halogenated alkanes) is 3. The van der Waals surface area contributed by atoms with Crippen LogP contribution >= 0.6 is 23.2 Å². The predicted octanol–water partition coefficient (Wildman–Crippen LogP) is 8.21. The van der Waals surface area contributed by atoms with E-state index in [2.05, 4.69) is 12.2 Å². The van der Waals surface area contributed by atoms with E-state index >= 15 is 0 Å². The first-order chi connectivity index (χ1) is 15.9. The second-order valence-electron chi connectivity index (χ2n) is 8.14. The van der Waals surface area contributed by atoms with Crippen molar-refractivity contribution in [2.75, 3.05) is 13.2 Å². The van der Waals surface area contributed by atoms with Crippen LogP contribution in [0.2, 0.25) is 10.0 Å². The molecule has 33 heavy (non-hydrogen) atoms. The number of carbonyl (C=O) groups excluding carboxylic acids is 1. The van der Waals surface area contributed by atoms with Gasteiger partial charge in [-0.05, 0) is 51.0 Å². The topological polar surface area (TPSA) is 51.5 Å². The van der Waals surface area contributed by atoms with Crippen LogP contribution in [0.4, 0.5) is 0 Å². The minimum atomic E-state index is -0.0997. The minimum absolute atomic E-state index is 0.0997. The van der Waals surface area contributed by atoms with Crippen LogP contribution in [-0.2, 0) is 4.79 Å². The van der Waals surface area contributed by atoms with Gasteiger partial charge < -0.3 is 14.5 Å². The van der Waals surface area contributed by atoms with Gasteiger partial charge in [-0.25, -0.2) is 0 Å². The van der Waals surface area contributed by atoms with Gasteiger partial charge in [0.05, 0.1) is 17.9 Å². The summed E-state index contributed by atoms with van der Waals surface area (Å²) in [6, 6.07) is 7.42. The quantitative estimate of drug-likeness (QED) is 0.231. The number of allylic oxidation sites excluding steroid dienone is 1. The molecule has 0 saturated carbocycles. The molecule has 0 aliphatic rings. The number of ether oxygens (including phenoxy) is 1. The summed E-state index contributed by atoms with van der Waals surface area (Å²) in [5.74, 6) is 0.620. The van der Waals surface area contributed by atoms with Crippen LogP contribution in [0.15, 0.2) is 41.0 Å². The average Bonchev–Trinajstić information content (AvgIpc) is 3.19. The number of hydrogen-bond donors (Lipinski definition) is 1. The molecule has 1 heterocycles. The van der Waals surface area contributed by atoms with Gasteiger partial charge in [0.2, 0.25) is 5.91 Å². The molecule has 0 aliphatic heterocycles. The highest BCUT2D eigenvalue weighted by atomic mass is 35.5. The fourth-order valence-corrected chi connectivity index (χ4v) is 4.45. The summed E-state index contributed by atoms with van der Waals surface area (Å²) in [5.41, 5.74) is 5.00. The van der Waals surface area contributed by atoms with Crippen LogP contribution in [0.25, 0.3) is 27.7 Å². The Morgan fingerprint density at radius 2 is 1.91 bits per heavy atom. The van der Waals surface area contributed by atoms with Gasteiger partial charge >= 0.3 is 0 Å². The fraction of sp³-hybridized carbons (Fsp3) is 0.370. The molecule has 0 atom stereocenters. The molecule has 0 aliphatic carbocycles. The smallest absolute Gasteiger partial charge is 0.244 e. The van der Waals surface area contributed by atoms with E-state index in [0.717, 1.165) is 57.4 Å². The molecule has 0 bridgehead atoms. The van der Waals surface area contributed by atoms with Crippen LogP contribution < -0.4 is 10.1 Å². The maximum absolute atomic E-state index is 12.5. The molecule has 3 rings (SSSR count). The Bertz CT molecular complexity index is 1160. The first kappa shape index (κ1) is 25.2. The van der Waals surface area contributed by atoms with Crippen molar-refractivity contribution in [3.63, 3.8) is 0 Å². The molecule has 0 radical (unpaired) electrons. The molecule has 0 fully saturated rings. The zero-order chi connectivity index (χ0) is 24.0. The molecule has 1 N–H and O–H groups in total. The first-order valence-electron chi connectivity index (χ1n) is 11.5. The number of fused-ring (bicyclic) bond motifs is 1. The zero-order valence-electron chi connectivity index (χ0n) is 19.7.